The highest BCUT2D eigenvalue weighted by atomic mass is 32.2. The van der Waals surface area contributed by atoms with E-state index in [1.54, 1.807) is 24.3 Å². The standard InChI is InChI=1S/C12H12N2O3S/c13-7-9-2-1-3-11(6-9)14-12(15)10-4-5-18(16,17)8-10/h1-3,6,10H,4-5,8H2,(H,14,15). The number of hydrogen-bond acceptors (Lipinski definition) is 4. The van der Waals surface area contributed by atoms with Gasteiger partial charge in [-0.2, -0.15) is 5.26 Å². The molecular formula is C12H12N2O3S. The zero-order valence-corrected chi connectivity index (χ0v) is 10.4. The molecule has 1 N–H and O–H groups in total. The fraction of sp³-hybridized carbons (Fsp3) is 0.333. The second-order valence-corrected chi connectivity index (χ2v) is 6.51. The normalized spacial score (nSPS) is 21.2. The van der Waals surface area contributed by atoms with Gasteiger partial charge in [-0.25, -0.2) is 8.42 Å². The molecular weight excluding hydrogens is 252 g/mol. The van der Waals surface area contributed by atoms with Crippen molar-refractivity contribution in [1.29, 1.82) is 5.26 Å². The maximum atomic E-state index is 11.8. The third-order valence-corrected chi connectivity index (χ3v) is 4.63. The third kappa shape index (κ3) is 2.87. The van der Waals surface area contributed by atoms with Crippen LogP contribution in [0.15, 0.2) is 24.3 Å². The molecule has 1 atom stereocenters. The first-order valence-electron chi connectivity index (χ1n) is 5.51. The average Bonchev–Trinajstić information content (AvgIpc) is 2.70. The van der Waals surface area contributed by atoms with Crippen molar-refractivity contribution >= 4 is 21.4 Å². The molecule has 1 fully saturated rings. The lowest BCUT2D eigenvalue weighted by Gasteiger charge is -2.09. The summed E-state index contributed by atoms with van der Waals surface area (Å²) in [6.07, 6.45) is 0.367. The lowest BCUT2D eigenvalue weighted by atomic mass is 10.1. The Morgan fingerprint density at radius 2 is 2.22 bits per heavy atom. The molecule has 1 saturated heterocycles. The molecule has 1 unspecified atom stereocenters. The van der Waals surface area contributed by atoms with E-state index in [1.165, 1.54) is 0 Å². The van der Waals surface area contributed by atoms with E-state index in [4.69, 9.17) is 5.26 Å². The van der Waals surface area contributed by atoms with Gasteiger partial charge in [-0.15, -0.1) is 0 Å². The Morgan fingerprint density at radius 3 is 2.83 bits per heavy atom. The van der Waals surface area contributed by atoms with Crippen LogP contribution in [0.25, 0.3) is 0 Å². The molecule has 0 bridgehead atoms. The van der Waals surface area contributed by atoms with Gasteiger partial charge in [0.2, 0.25) is 5.91 Å². The zero-order chi connectivity index (χ0) is 13.2. The average molecular weight is 264 g/mol. The van der Waals surface area contributed by atoms with Crippen LogP contribution in [-0.4, -0.2) is 25.8 Å². The molecule has 0 spiro atoms. The van der Waals surface area contributed by atoms with E-state index >= 15 is 0 Å². The highest BCUT2D eigenvalue weighted by Gasteiger charge is 2.32. The predicted molar refractivity (Wildman–Crippen MR) is 66.5 cm³/mol. The van der Waals surface area contributed by atoms with Gasteiger partial charge in [-0.1, -0.05) is 6.07 Å². The van der Waals surface area contributed by atoms with E-state index in [-0.39, 0.29) is 17.4 Å². The van der Waals surface area contributed by atoms with Crippen molar-refractivity contribution in [2.45, 2.75) is 6.42 Å². The van der Waals surface area contributed by atoms with Crippen molar-refractivity contribution in [2.75, 3.05) is 16.8 Å². The van der Waals surface area contributed by atoms with E-state index in [9.17, 15) is 13.2 Å². The van der Waals surface area contributed by atoms with Crippen molar-refractivity contribution in [3.63, 3.8) is 0 Å². The van der Waals surface area contributed by atoms with Crippen LogP contribution in [0.1, 0.15) is 12.0 Å². The number of amides is 1. The summed E-state index contributed by atoms with van der Waals surface area (Å²) in [5.41, 5.74) is 0.968. The van der Waals surface area contributed by atoms with Gasteiger partial charge in [0, 0.05) is 5.69 Å². The van der Waals surface area contributed by atoms with Gasteiger partial charge in [0.15, 0.2) is 9.84 Å². The fourth-order valence-corrected chi connectivity index (χ4v) is 3.65. The molecule has 0 radical (unpaired) electrons. The number of nitrogens with one attached hydrogen (secondary N) is 1. The monoisotopic (exact) mass is 264 g/mol. The summed E-state index contributed by atoms with van der Waals surface area (Å²) in [7, 11) is -3.06. The van der Waals surface area contributed by atoms with Crippen LogP contribution in [0.3, 0.4) is 0 Å². The molecule has 1 aliphatic heterocycles. The summed E-state index contributed by atoms with van der Waals surface area (Å²) in [5, 5.41) is 11.4. The quantitative estimate of drug-likeness (QED) is 0.860. The Balaban J connectivity index is 2.06. The Hall–Kier alpha value is -1.87. The summed E-state index contributed by atoms with van der Waals surface area (Å²) >= 11 is 0. The number of sulfone groups is 1. The summed E-state index contributed by atoms with van der Waals surface area (Å²) in [5.74, 6) is -0.799. The third-order valence-electron chi connectivity index (χ3n) is 2.86. The molecule has 0 aromatic heterocycles. The molecule has 5 nitrogen and oxygen atoms in total. The number of benzene rings is 1. The van der Waals surface area contributed by atoms with E-state index in [0.717, 1.165) is 0 Å². The fourth-order valence-electron chi connectivity index (χ4n) is 1.91. The first-order valence-corrected chi connectivity index (χ1v) is 7.34. The highest BCUT2D eigenvalue weighted by Crippen LogP contribution is 2.20. The summed E-state index contributed by atoms with van der Waals surface area (Å²) in [4.78, 5) is 11.8. The van der Waals surface area contributed by atoms with Crippen molar-refractivity contribution < 1.29 is 13.2 Å². The van der Waals surface area contributed by atoms with E-state index in [1.807, 2.05) is 6.07 Å². The maximum absolute atomic E-state index is 11.8. The molecule has 1 aliphatic rings. The minimum absolute atomic E-state index is 0.0727. The van der Waals surface area contributed by atoms with Crippen molar-refractivity contribution in [3.05, 3.63) is 29.8 Å². The molecule has 1 aromatic carbocycles. The van der Waals surface area contributed by atoms with Gasteiger partial charge >= 0.3 is 0 Å². The van der Waals surface area contributed by atoms with Gasteiger partial charge in [-0.05, 0) is 24.6 Å². The first kappa shape index (κ1) is 12.6. The van der Waals surface area contributed by atoms with Crippen LogP contribution < -0.4 is 5.32 Å². The Morgan fingerprint density at radius 1 is 1.44 bits per heavy atom. The van der Waals surface area contributed by atoms with Gasteiger partial charge in [0.05, 0.1) is 29.1 Å². The van der Waals surface area contributed by atoms with Gasteiger partial charge in [0.1, 0.15) is 0 Å². The maximum Gasteiger partial charge on any atom is 0.228 e. The second-order valence-electron chi connectivity index (χ2n) is 4.28. The minimum Gasteiger partial charge on any atom is -0.326 e. The Bertz CT molecular complexity index is 616. The molecule has 0 aliphatic carbocycles. The van der Waals surface area contributed by atoms with Gasteiger partial charge in [-0.3, -0.25) is 4.79 Å². The van der Waals surface area contributed by atoms with Crippen LogP contribution in [0.2, 0.25) is 0 Å². The number of nitrogens with zero attached hydrogens (tertiary/aromatic N) is 1. The smallest absolute Gasteiger partial charge is 0.228 e. The van der Waals surface area contributed by atoms with Crippen molar-refractivity contribution in [3.8, 4) is 6.07 Å². The van der Waals surface area contributed by atoms with E-state index < -0.39 is 15.8 Å². The molecule has 18 heavy (non-hydrogen) atoms. The summed E-state index contributed by atoms with van der Waals surface area (Å²) in [6.45, 7) is 0. The molecule has 1 heterocycles. The van der Waals surface area contributed by atoms with Gasteiger partial charge < -0.3 is 5.32 Å². The van der Waals surface area contributed by atoms with Gasteiger partial charge in [0.25, 0.3) is 0 Å². The van der Waals surface area contributed by atoms with Crippen LogP contribution >= 0.6 is 0 Å². The number of carbonyl (C=O) groups excluding carboxylic acids is 1. The molecule has 1 aromatic rings. The number of carbonyl (C=O) groups is 1. The Kier molecular flexibility index (Phi) is 3.34. The molecule has 94 valence electrons. The topological polar surface area (TPSA) is 87.0 Å². The predicted octanol–water partition coefficient (Wildman–Crippen LogP) is 0.931. The van der Waals surface area contributed by atoms with Crippen LogP contribution in [0, 0.1) is 17.2 Å². The van der Waals surface area contributed by atoms with Crippen LogP contribution in [-0.2, 0) is 14.6 Å². The molecule has 6 heteroatoms. The van der Waals surface area contributed by atoms with Crippen LogP contribution in [0.5, 0.6) is 0 Å². The number of hydrogen-bond donors (Lipinski definition) is 1. The summed E-state index contributed by atoms with van der Waals surface area (Å²) < 4.78 is 22.6. The number of anilines is 1. The lowest BCUT2D eigenvalue weighted by Crippen LogP contribution is -2.23. The second kappa shape index (κ2) is 4.78. The lowest BCUT2D eigenvalue weighted by molar-refractivity contribution is -0.119. The van der Waals surface area contributed by atoms with Crippen molar-refractivity contribution in [2.24, 2.45) is 5.92 Å². The largest absolute Gasteiger partial charge is 0.326 e. The van der Waals surface area contributed by atoms with E-state index in [0.29, 0.717) is 17.7 Å². The summed E-state index contributed by atoms with van der Waals surface area (Å²) in [6, 6.07) is 8.50. The Labute approximate surface area is 105 Å². The molecule has 1 amide bonds. The van der Waals surface area contributed by atoms with Crippen LogP contribution in [0.4, 0.5) is 5.69 Å². The minimum atomic E-state index is -3.06. The van der Waals surface area contributed by atoms with Crippen molar-refractivity contribution in [1.82, 2.24) is 0 Å². The number of rotatable bonds is 2. The SMILES string of the molecule is N#Cc1cccc(NC(=O)C2CCS(=O)(=O)C2)c1. The number of nitriles is 1. The highest BCUT2D eigenvalue weighted by molar-refractivity contribution is 7.91. The first-order chi connectivity index (χ1) is 8.50. The van der Waals surface area contributed by atoms with E-state index in [2.05, 4.69) is 5.32 Å². The zero-order valence-electron chi connectivity index (χ0n) is 9.59. The molecule has 2 rings (SSSR count). The molecule has 0 saturated carbocycles.